The van der Waals surface area contributed by atoms with Crippen LogP contribution in [-0.4, -0.2) is 23.3 Å². The molecule has 2 unspecified atom stereocenters. The van der Waals surface area contributed by atoms with Crippen LogP contribution in [0, 0.1) is 0 Å². The van der Waals surface area contributed by atoms with Gasteiger partial charge in [-0.05, 0) is 33.6 Å². The molecule has 0 aromatic carbocycles. The second-order valence-electron chi connectivity index (χ2n) is 4.71. The minimum Gasteiger partial charge on any atom is -0.456 e. The molecular formula is C14H26O3. The minimum atomic E-state index is -0.547. The molecule has 0 radical (unpaired) electrons. The van der Waals surface area contributed by atoms with Crippen LogP contribution < -0.4 is 0 Å². The van der Waals surface area contributed by atoms with Gasteiger partial charge in [0.2, 0.25) is 0 Å². The van der Waals surface area contributed by atoms with E-state index in [-0.39, 0.29) is 12.1 Å². The first-order chi connectivity index (χ1) is 7.93. The molecule has 0 saturated carbocycles. The third-order valence-electron chi connectivity index (χ3n) is 2.90. The van der Waals surface area contributed by atoms with Crippen LogP contribution in [0.4, 0.5) is 0 Å². The summed E-state index contributed by atoms with van der Waals surface area (Å²) in [5.41, 5.74) is 1.59. The summed E-state index contributed by atoms with van der Waals surface area (Å²) in [6.45, 7) is 9.55. The van der Waals surface area contributed by atoms with Crippen LogP contribution >= 0.6 is 0 Å². The Kier molecular flexibility index (Phi) is 7.88. The van der Waals surface area contributed by atoms with Crippen molar-refractivity contribution in [3.8, 4) is 0 Å². The minimum absolute atomic E-state index is 0.307. The Hall–Kier alpha value is -0.830. The van der Waals surface area contributed by atoms with E-state index in [2.05, 4.69) is 0 Å². The first-order valence-electron chi connectivity index (χ1n) is 6.47. The van der Waals surface area contributed by atoms with Crippen molar-refractivity contribution < 1.29 is 14.6 Å². The molecule has 0 aliphatic carbocycles. The quantitative estimate of drug-likeness (QED) is 0.551. The van der Waals surface area contributed by atoms with E-state index in [4.69, 9.17) is 4.74 Å². The second kappa shape index (κ2) is 8.29. The molecule has 17 heavy (non-hydrogen) atoms. The van der Waals surface area contributed by atoms with Crippen LogP contribution in [0.2, 0.25) is 0 Å². The molecule has 0 aliphatic heterocycles. The highest BCUT2D eigenvalue weighted by atomic mass is 16.6. The number of hydrogen-bond donors (Lipinski definition) is 1. The SMILES string of the molecule is CCCC(O)C(CCC)OC(=O)C(C)=C(C)C. The Morgan fingerprint density at radius 1 is 1.12 bits per heavy atom. The lowest BCUT2D eigenvalue weighted by atomic mass is 10.0. The van der Waals surface area contributed by atoms with E-state index in [9.17, 15) is 9.90 Å². The highest BCUT2D eigenvalue weighted by Crippen LogP contribution is 2.15. The summed E-state index contributed by atoms with van der Waals surface area (Å²) in [5, 5.41) is 9.92. The first-order valence-corrected chi connectivity index (χ1v) is 6.47. The van der Waals surface area contributed by atoms with Gasteiger partial charge in [0.05, 0.1) is 6.10 Å². The number of carbonyl (C=O) groups excluding carboxylic acids is 1. The summed E-state index contributed by atoms with van der Waals surface area (Å²) in [4.78, 5) is 11.8. The molecule has 0 spiro atoms. The zero-order valence-corrected chi connectivity index (χ0v) is 11.7. The van der Waals surface area contributed by atoms with Crippen LogP contribution in [0.15, 0.2) is 11.1 Å². The van der Waals surface area contributed by atoms with Crippen molar-refractivity contribution in [2.24, 2.45) is 0 Å². The van der Waals surface area contributed by atoms with Gasteiger partial charge < -0.3 is 9.84 Å². The number of esters is 1. The van der Waals surface area contributed by atoms with Gasteiger partial charge >= 0.3 is 5.97 Å². The Balaban J connectivity index is 4.54. The molecule has 2 atom stereocenters. The number of aliphatic hydroxyl groups is 1. The predicted molar refractivity (Wildman–Crippen MR) is 69.8 cm³/mol. The average Bonchev–Trinajstić information content (AvgIpc) is 2.27. The number of ether oxygens (including phenoxy) is 1. The van der Waals surface area contributed by atoms with Crippen LogP contribution in [0.1, 0.15) is 60.3 Å². The van der Waals surface area contributed by atoms with Crippen molar-refractivity contribution in [2.45, 2.75) is 72.5 Å². The summed E-state index contributed by atoms with van der Waals surface area (Å²) in [6.07, 6.45) is 2.25. The summed E-state index contributed by atoms with van der Waals surface area (Å²) < 4.78 is 5.38. The fraction of sp³-hybridized carbons (Fsp3) is 0.786. The van der Waals surface area contributed by atoms with Gasteiger partial charge in [-0.15, -0.1) is 0 Å². The van der Waals surface area contributed by atoms with E-state index >= 15 is 0 Å². The van der Waals surface area contributed by atoms with E-state index in [0.29, 0.717) is 18.4 Å². The predicted octanol–water partition coefficient (Wildman–Crippen LogP) is 3.22. The molecule has 100 valence electrons. The van der Waals surface area contributed by atoms with Crippen molar-refractivity contribution in [3.63, 3.8) is 0 Å². The number of aliphatic hydroxyl groups excluding tert-OH is 1. The van der Waals surface area contributed by atoms with E-state index < -0.39 is 6.10 Å². The molecule has 0 aromatic rings. The van der Waals surface area contributed by atoms with Crippen LogP contribution in [0.25, 0.3) is 0 Å². The molecule has 0 heterocycles. The highest BCUT2D eigenvalue weighted by Gasteiger charge is 2.22. The van der Waals surface area contributed by atoms with Crippen molar-refractivity contribution in [3.05, 3.63) is 11.1 Å². The molecule has 1 N–H and O–H groups in total. The van der Waals surface area contributed by atoms with Crippen molar-refractivity contribution in [1.29, 1.82) is 0 Å². The van der Waals surface area contributed by atoms with Crippen LogP contribution in [0.3, 0.4) is 0 Å². The third kappa shape index (κ3) is 5.87. The lowest BCUT2D eigenvalue weighted by Crippen LogP contribution is -2.31. The monoisotopic (exact) mass is 242 g/mol. The summed E-state index contributed by atoms with van der Waals surface area (Å²) in [6, 6.07) is 0. The second-order valence-corrected chi connectivity index (χ2v) is 4.71. The van der Waals surface area contributed by atoms with E-state index in [0.717, 1.165) is 18.4 Å². The van der Waals surface area contributed by atoms with E-state index in [1.807, 2.05) is 27.7 Å². The Bertz CT molecular complexity index is 265. The molecule has 0 amide bonds. The van der Waals surface area contributed by atoms with Gasteiger partial charge in [0.15, 0.2) is 0 Å². The summed E-state index contributed by atoms with van der Waals surface area (Å²) in [5.74, 6) is -0.307. The maximum atomic E-state index is 11.8. The van der Waals surface area contributed by atoms with Crippen molar-refractivity contribution in [2.75, 3.05) is 0 Å². The molecule has 0 aromatic heterocycles. The number of carbonyl (C=O) groups is 1. The largest absolute Gasteiger partial charge is 0.456 e. The Labute approximate surface area is 105 Å². The van der Waals surface area contributed by atoms with Gasteiger partial charge in [-0.1, -0.05) is 32.3 Å². The Morgan fingerprint density at radius 2 is 1.65 bits per heavy atom. The lowest BCUT2D eigenvalue weighted by molar-refractivity contribution is -0.151. The normalized spacial score (nSPS) is 14.0. The maximum Gasteiger partial charge on any atom is 0.334 e. The van der Waals surface area contributed by atoms with E-state index in [1.54, 1.807) is 6.92 Å². The van der Waals surface area contributed by atoms with Crippen LogP contribution in [0.5, 0.6) is 0 Å². The molecule has 0 rings (SSSR count). The summed E-state index contributed by atoms with van der Waals surface area (Å²) in [7, 11) is 0. The standard InChI is InChI=1S/C14H26O3/c1-6-8-12(15)13(9-7-2)17-14(16)11(5)10(3)4/h12-13,15H,6-9H2,1-5H3. The molecule has 3 nitrogen and oxygen atoms in total. The summed E-state index contributed by atoms with van der Waals surface area (Å²) >= 11 is 0. The smallest absolute Gasteiger partial charge is 0.334 e. The zero-order valence-electron chi connectivity index (χ0n) is 11.7. The molecule has 3 heteroatoms. The van der Waals surface area contributed by atoms with Crippen LogP contribution in [-0.2, 0) is 9.53 Å². The molecule has 0 fully saturated rings. The van der Waals surface area contributed by atoms with Crippen molar-refractivity contribution in [1.82, 2.24) is 0 Å². The topological polar surface area (TPSA) is 46.5 Å². The Morgan fingerprint density at radius 3 is 2.06 bits per heavy atom. The van der Waals surface area contributed by atoms with Gasteiger partial charge in [-0.3, -0.25) is 0 Å². The fourth-order valence-corrected chi connectivity index (χ4v) is 1.53. The molecular weight excluding hydrogens is 216 g/mol. The van der Waals surface area contributed by atoms with Gasteiger partial charge in [0.25, 0.3) is 0 Å². The molecule has 0 saturated heterocycles. The van der Waals surface area contributed by atoms with E-state index in [1.165, 1.54) is 0 Å². The van der Waals surface area contributed by atoms with Crippen molar-refractivity contribution >= 4 is 5.97 Å². The van der Waals surface area contributed by atoms with Gasteiger partial charge in [-0.2, -0.15) is 0 Å². The zero-order chi connectivity index (χ0) is 13.4. The first kappa shape index (κ1) is 16.2. The average molecular weight is 242 g/mol. The number of rotatable bonds is 7. The van der Waals surface area contributed by atoms with Gasteiger partial charge in [-0.25, -0.2) is 4.79 Å². The number of allylic oxidation sites excluding steroid dienone is 1. The van der Waals surface area contributed by atoms with Gasteiger partial charge in [0.1, 0.15) is 6.10 Å². The molecule has 0 aliphatic rings. The fourth-order valence-electron chi connectivity index (χ4n) is 1.53. The molecule has 0 bridgehead atoms. The highest BCUT2D eigenvalue weighted by molar-refractivity contribution is 5.88. The maximum absolute atomic E-state index is 11.8. The third-order valence-corrected chi connectivity index (χ3v) is 2.90. The number of hydrogen-bond acceptors (Lipinski definition) is 3. The lowest BCUT2D eigenvalue weighted by Gasteiger charge is -2.23. The van der Waals surface area contributed by atoms with Gasteiger partial charge in [0, 0.05) is 5.57 Å².